The van der Waals surface area contributed by atoms with Crippen LogP contribution in [0.5, 0.6) is 5.75 Å². The summed E-state index contributed by atoms with van der Waals surface area (Å²) in [5.74, 6) is -0.851. The molecule has 1 aliphatic heterocycles. The first-order valence-electron chi connectivity index (χ1n) is 7.80. The number of rotatable bonds is 4. The van der Waals surface area contributed by atoms with E-state index in [0.717, 1.165) is 0 Å². The highest BCUT2D eigenvalue weighted by Gasteiger charge is 2.30. The molecular weight excluding hydrogens is 388 g/mol. The molecule has 2 aromatic rings. The predicted octanol–water partition coefficient (Wildman–Crippen LogP) is 2.95. The number of hydrogen-bond donors (Lipinski definition) is 0. The van der Waals surface area contributed by atoms with E-state index < -0.39 is 5.97 Å². The van der Waals surface area contributed by atoms with Crippen molar-refractivity contribution in [1.82, 2.24) is 4.90 Å². The lowest BCUT2D eigenvalue weighted by Gasteiger charge is -2.08. The van der Waals surface area contributed by atoms with Gasteiger partial charge in [-0.25, -0.2) is 4.99 Å². The van der Waals surface area contributed by atoms with Crippen LogP contribution in [0.1, 0.15) is 15.9 Å². The Morgan fingerprint density at radius 2 is 1.96 bits per heavy atom. The van der Waals surface area contributed by atoms with E-state index in [1.807, 2.05) is 0 Å². The van der Waals surface area contributed by atoms with Crippen LogP contribution in [0.2, 0.25) is 5.02 Å². The Balaban J connectivity index is 1.91. The van der Waals surface area contributed by atoms with Gasteiger partial charge in [0.1, 0.15) is 5.75 Å². The third-order valence-corrected chi connectivity index (χ3v) is 5.10. The number of aliphatic imine (C=N–C) groups is 1. The highest BCUT2D eigenvalue weighted by atomic mass is 35.5. The highest BCUT2D eigenvalue weighted by Crippen LogP contribution is 2.35. The smallest absolute Gasteiger partial charge is 0.266 e. The van der Waals surface area contributed by atoms with Crippen LogP contribution in [0, 0.1) is 0 Å². The van der Waals surface area contributed by atoms with Gasteiger partial charge >= 0.3 is 0 Å². The van der Waals surface area contributed by atoms with Gasteiger partial charge in [0.25, 0.3) is 5.91 Å². The van der Waals surface area contributed by atoms with Gasteiger partial charge in [-0.2, -0.15) is 0 Å². The molecule has 3 rings (SSSR count). The Morgan fingerprint density at radius 1 is 1.26 bits per heavy atom. The number of carbonyl (C=O) groups is 2. The fourth-order valence-electron chi connectivity index (χ4n) is 2.39. The molecule has 27 heavy (non-hydrogen) atoms. The zero-order chi connectivity index (χ0) is 19.6. The number of halogens is 1. The van der Waals surface area contributed by atoms with Crippen LogP contribution in [0.15, 0.2) is 52.4 Å². The van der Waals surface area contributed by atoms with E-state index in [1.165, 1.54) is 28.8 Å². The van der Waals surface area contributed by atoms with Crippen molar-refractivity contribution in [2.45, 2.75) is 0 Å². The summed E-state index contributed by atoms with van der Waals surface area (Å²) < 4.78 is 5.31. The maximum Gasteiger partial charge on any atom is 0.266 e. The first kappa shape index (κ1) is 19.0. The summed E-state index contributed by atoms with van der Waals surface area (Å²) >= 11 is 7.25. The molecule has 1 saturated heterocycles. The summed E-state index contributed by atoms with van der Waals surface area (Å²) in [5, 5.41) is 11.8. The maximum absolute atomic E-state index is 12.5. The molecule has 1 fully saturated rings. The molecule has 2 aromatic carbocycles. The lowest BCUT2D eigenvalue weighted by molar-refractivity contribution is -0.255. The van der Waals surface area contributed by atoms with E-state index >= 15 is 0 Å². The number of likely N-dealkylation sites (N-methyl/N-ethyl adjacent to an activating group) is 1. The summed E-state index contributed by atoms with van der Waals surface area (Å²) in [7, 11) is 3.17. The van der Waals surface area contributed by atoms with Crippen molar-refractivity contribution >= 4 is 52.2 Å². The topological polar surface area (TPSA) is 82.0 Å². The molecule has 0 saturated carbocycles. The second-order valence-electron chi connectivity index (χ2n) is 5.59. The molecule has 8 heteroatoms. The van der Waals surface area contributed by atoms with Crippen molar-refractivity contribution in [1.29, 1.82) is 0 Å². The minimum Gasteiger partial charge on any atom is -0.545 e. The molecular formula is C19H14ClN2O4S-. The van der Waals surface area contributed by atoms with Gasteiger partial charge in [0.05, 0.1) is 23.7 Å². The Kier molecular flexibility index (Phi) is 5.53. The number of ether oxygens (including phenoxy) is 1. The van der Waals surface area contributed by atoms with E-state index in [-0.39, 0.29) is 11.5 Å². The predicted molar refractivity (Wildman–Crippen MR) is 104 cm³/mol. The SMILES string of the molecule is COc1ccc(Cl)cc1/C=C1\SC(=Nc2ccc(C(=O)[O-])cc2)N(C)C1=O. The van der Waals surface area contributed by atoms with Crippen molar-refractivity contribution in [3.05, 3.63) is 63.5 Å². The molecule has 1 heterocycles. The van der Waals surface area contributed by atoms with Crippen LogP contribution < -0.4 is 9.84 Å². The van der Waals surface area contributed by atoms with E-state index in [0.29, 0.717) is 32.1 Å². The van der Waals surface area contributed by atoms with Crippen molar-refractivity contribution < 1.29 is 19.4 Å². The largest absolute Gasteiger partial charge is 0.545 e. The Morgan fingerprint density at radius 3 is 2.59 bits per heavy atom. The number of aromatic carboxylic acids is 1. The van der Waals surface area contributed by atoms with E-state index in [4.69, 9.17) is 16.3 Å². The third kappa shape index (κ3) is 4.15. The first-order chi connectivity index (χ1) is 12.9. The average Bonchev–Trinajstić information content (AvgIpc) is 2.90. The van der Waals surface area contributed by atoms with Gasteiger partial charge in [0.15, 0.2) is 5.17 Å². The van der Waals surface area contributed by atoms with E-state index in [9.17, 15) is 14.7 Å². The molecule has 0 bridgehead atoms. The number of carboxylic acid groups (broad SMARTS) is 1. The number of benzene rings is 2. The Bertz CT molecular complexity index is 970. The van der Waals surface area contributed by atoms with Crippen LogP contribution >= 0.6 is 23.4 Å². The molecule has 1 amide bonds. The molecule has 1 aliphatic rings. The number of nitrogens with zero attached hydrogens (tertiary/aromatic N) is 2. The first-order valence-corrected chi connectivity index (χ1v) is 8.99. The van der Waals surface area contributed by atoms with Crippen LogP contribution in [0.4, 0.5) is 5.69 Å². The van der Waals surface area contributed by atoms with Crippen molar-refractivity contribution in [3.8, 4) is 5.75 Å². The molecule has 0 unspecified atom stereocenters. The van der Waals surface area contributed by atoms with Crippen molar-refractivity contribution in [2.24, 2.45) is 4.99 Å². The average molecular weight is 402 g/mol. The van der Waals surface area contributed by atoms with Crippen LogP contribution in [-0.2, 0) is 4.79 Å². The minimum absolute atomic E-state index is 0.0658. The zero-order valence-electron chi connectivity index (χ0n) is 14.4. The second kappa shape index (κ2) is 7.85. The molecule has 0 atom stereocenters. The van der Waals surface area contributed by atoms with Gasteiger partial charge in [-0.3, -0.25) is 9.69 Å². The molecule has 0 spiro atoms. The third-order valence-electron chi connectivity index (χ3n) is 3.81. The Labute approximate surface area is 165 Å². The number of amidine groups is 1. The quantitative estimate of drug-likeness (QED) is 0.735. The van der Waals surface area contributed by atoms with Gasteiger partial charge in [0, 0.05) is 17.6 Å². The normalized spacial score (nSPS) is 17.0. The summed E-state index contributed by atoms with van der Waals surface area (Å²) in [4.78, 5) is 29.7. The van der Waals surface area contributed by atoms with Crippen molar-refractivity contribution in [3.63, 3.8) is 0 Å². The Hall–Kier alpha value is -2.77. The van der Waals surface area contributed by atoms with Gasteiger partial charge in [-0.15, -0.1) is 0 Å². The fourth-order valence-corrected chi connectivity index (χ4v) is 3.55. The van der Waals surface area contributed by atoms with Gasteiger partial charge in [0.2, 0.25) is 0 Å². The number of carbonyl (C=O) groups excluding carboxylic acids is 2. The van der Waals surface area contributed by atoms with Gasteiger partial charge in [-0.1, -0.05) is 23.7 Å². The summed E-state index contributed by atoms with van der Waals surface area (Å²) in [5.41, 5.74) is 1.29. The molecule has 0 aromatic heterocycles. The molecule has 0 aliphatic carbocycles. The van der Waals surface area contributed by atoms with Crippen LogP contribution in [0.25, 0.3) is 6.08 Å². The molecule has 0 N–H and O–H groups in total. The van der Waals surface area contributed by atoms with Gasteiger partial charge < -0.3 is 14.6 Å². The summed E-state index contributed by atoms with van der Waals surface area (Å²) in [6.07, 6.45) is 1.70. The standard InChI is InChI=1S/C19H15ClN2O4S/c1-22-17(23)16(10-12-9-13(20)5-8-15(12)26-2)27-19(22)21-14-6-3-11(4-7-14)18(24)25/h3-10H,1-2H3,(H,24,25)/p-1/b16-10-,21-19?. The molecule has 6 nitrogen and oxygen atoms in total. The van der Waals surface area contributed by atoms with Gasteiger partial charge in [-0.05, 0) is 53.7 Å². The summed E-state index contributed by atoms with van der Waals surface area (Å²) in [6, 6.07) is 11.1. The maximum atomic E-state index is 12.5. The number of amides is 1. The van der Waals surface area contributed by atoms with E-state index in [1.54, 1.807) is 50.6 Å². The minimum atomic E-state index is -1.25. The number of carboxylic acids is 1. The molecule has 138 valence electrons. The fraction of sp³-hybridized carbons (Fsp3) is 0.105. The summed E-state index contributed by atoms with van der Waals surface area (Å²) in [6.45, 7) is 0. The van der Waals surface area contributed by atoms with Crippen LogP contribution in [-0.4, -0.2) is 36.1 Å². The van der Waals surface area contributed by atoms with Crippen molar-refractivity contribution in [2.75, 3.05) is 14.2 Å². The lowest BCUT2D eigenvalue weighted by Crippen LogP contribution is -2.23. The van der Waals surface area contributed by atoms with Crippen LogP contribution in [0.3, 0.4) is 0 Å². The zero-order valence-corrected chi connectivity index (χ0v) is 16.0. The molecule has 0 radical (unpaired) electrons. The monoisotopic (exact) mass is 401 g/mol. The second-order valence-corrected chi connectivity index (χ2v) is 7.04. The van der Waals surface area contributed by atoms with E-state index in [2.05, 4.69) is 4.99 Å². The lowest BCUT2D eigenvalue weighted by atomic mass is 10.2. The number of thioether (sulfide) groups is 1. The number of hydrogen-bond acceptors (Lipinski definition) is 6. The highest BCUT2D eigenvalue weighted by molar-refractivity contribution is 8.18. The number of methoxy groups -OCH3 is 1.